The number of fused-ring (bicyclic) bond motifs is 24. The van der Waals surface area contributed by atoms with Gasteiger partial charge in [-0.15, -0.1) is 0 Å². The maximum Gasteiger partial charge on any atom is 0.252 e. The smallest absolute Gasteiger partial charge is 0.252 e. The van der Waals surface area contributed by atoms with Crippen molar-refractivity contribution in [3.8, 4) is 33.6 Å². The van der Waals surface area contributed by atoms with E-state index >= 15 is 0 Å². The molecule has 4 nitrogen and oxygen atoms in total. The zero-order valence-corrected chi connectivity index (χ0v) is 37.1. The first-order valence-corrected chi connectivity index (χ1v) is 23.9. The summed E-state index contributed by atoms with van der Waals surface area (Å²) in [4.78, 5) is 8.81. The van der Waals surface area contributed by atoms with Crippen molar-refractivity contribution in [2.75, 3.05) is 0 Å². The molecule has 2 aliphatic rings. The first kappa shape index (κ1) is 36.1. The van der Waals surface area contributed by atoms with Gasteiger partial charge in [-0.2, -0.15) is 0 Å². The third-order valence-electron chi connectivity index (χ3n) is 16.0. The van der Waals surface area contributed by atoms with Crippen molar-refractivity contribution in [2.45, 2.75) is 0 Å². The number of rotatable bonds is 2. The zero-order valence-electron chi connectivity index (χ0n) is 37.1. The Morgan fingerprint density at radius 2 is 0.768 bits per heavy atom. The van der Waals surface area contributed by atoms with Crippen LogP contribution in [0, 0.1) is 0 Å². The van der Waals surface area contributed by atoms with Gasteiger partial charge in [-0.05, 0) is 153 Å². The van der Waals surface area contributed by atoms with Crippen LogP contribution in [-0.4, -0.2) is 25.8 Å². The van der Waals surface area contributed by atoms with E-state index in [0.717, 1.165) is 11.1 Å². The molecule has 6 heterocycles. The first-order chi connectivity index (χ1) is 34.3. The summed E-state index contributed by atoms with van der Waals surface area (Å²) in [5, 5.41) is 20.6. The molecular weight excluding hydrogens is 836 g/mol. The molecule has 314 valence electrons. The summed E-state index contributed by atoms with van der Waals surface area (Å²) in [6.45, 7) is -0.0604. The van der Waals surface area contributed by atoms with E-state index in [2.05, 4.69) is 207 Å². The molecule has 17 rings (SSSR count). The highest BCUT2D eigenvalue weighted by atomic mass is 15.0. The molecule has 5 heteroatoms. The highest BCUT2D eigenvalue weighted by Gasteiger charge is 2.42. The molecule has 0 fully saturated rings. The Bertz CT molecular complexity index is 4800. The van der Waals surface area contributed by atoms with Crippen LogP contribution in [0.25, 0.3) is 142 Å². The van der Waals surface area contributed by atoms with Gasteiger partial charge in [-0.3, -0.25) is 9.97 Å². The highest BCUT2D eigenvalue weighted by molar-refractivity contribution is 7.00. The molecule has 11 aromatic carbocycles. The second-order valence-corrected chi connectivity index (χ2v) is 19.2. The van der Waals surface area contributed by atoms with Crippen molar-refractivity contribution in [1.82, 2.24) is 19.1 Å². The predicted octanol–water partition coefficient (Wildman–Crippen LogP) is 14.1. The summed E-state index contributed by atoms with van der Waals surface area (Å²) in [7, 11) is 0. The fraction of sp³-hybridized carbons (Fsp3) is 0. The largest absolute Gasteiger partial charge is 0.310 e. The number of hydrogen-bond donors (Lipinski definition) is 0. The van der Waals surface area contributed by atoms with Gasteiger partial charge in [0.25, 0.3) is 6.71 Å². The normalized spacial score (nSPS) is 12.9. The van der Waals surface area contributed by atoms with E-state index in [1.807, 2.05) is 24.8 Å². The fourth-order valence-corrected chi connectivity index (χ4v) is 13.4. The van der Waals surface area contributed by atoms with E-state index < -0.39 is 0 Å². The number of pyridine rings is 2. The Morgan fingerprint density at radius 1 is 0.290 bits per heavy atom. The SMILES string of the molecule is c1cc2c3c(c1)-n1c4ccc5c6ccccc6c6ccccc6c5c4c4c5c6ccccc6c6ccccc6c5cc(c41)B3c1cc(-c3ccncc3)cc3c4cc(-c5ccncc5)ccc4n-2c13. The monoisotopic (exact) mass is 870 g/mol. The summed E-state index contributed by atoms with van der Waals surface area (Å²) in [6, 6.07) is 71.3. The lowest BCUT2D eigenvalue weighted by Gasteiger charge is -2.34. The lowest BCUT2D eigenvalue weighted by atomic mass is 9.34. The van der Waals surface area contributed by atoms with Crippen LogP contribution in [0.15, 0.2) is 213 Å². The van der Waals surface area contributed by atoms with Crippen LogP contribution in [0.1, 0.15) is 0 Å². The van der Waals surface area contributed by atoms with Crippen molar-refractivity contribution >= 4 is 131 Å². The molecule has 0 saturated heterocycles. The van der Waals surface area contributed by atoms with E-state index in [0.29, 0.717) is 0 Å². The molecule has 0 radical (unpaired) electrons. The Hall–Kier alpha value is -9.06. The number of aromatic nitrogens is 4. The van der Waals surface area contributed by atoms with Crippen LogP contribution >= 0.6 is 0 Å². The molecule has 0 atom stereocenters. The molecule has 0 N–H and O–H groups in total. The Morgan fingerprint density at radius 3 is 1.39 bits per heavy atom. The topological polar surface area (TPSA) is 35.6 Å². The van der Waals surface area contributed by atoms with Crippen LogP contribution < -0.4 is 16.4 Å². The molecule has 15 aromatic rings. The van der Waals surface area contributed by atoms with E-state index in [1.165, 1.54) is 147 Å². The van der Waals surface area contributed by atoms with Gasteiger partial charge in [-0.25, -0.2) is 0 Å². The van der Waals surface area contributed by atoms with Gasteiger partial charge >= 0.3 is 0 Å². The maximum atomic E-state index is 4.46. The summed E-state index contributed by atoms with van der Waals surface area (Å²) in [5.74, 6) is 0. The van der Waals surface area contributed by atoms with Crippen molar-refractivity contribution in [3.63, 3.8) is 0 Å². The number of nitrogens with zero attached hydrogens (tertiary/aromatic N) is 4. The molecule has 4 aromatic heterocycles. The van der Waals surface area contributed by atoms with Gasteiger partial charge in [0.1, 0.15) is 0 Å². The highest BCUT2D eigenvalue weighted by Crippen LogP contribution is 2.49. The molecular formula is C64H35BN4. The lowest BCUT2D eigenvalue weighted by Crippen LogP contribution is -2.59. The molecule has 0 aliphatic carbocycles. The minimum atomic E-state index is -0.0604. The third-order valence-corrected chi connectivity index (χ3v) is 16.0. The van der Waals surface area contributed by atoms with Crippen LogP contribution in [0.3, 0.4) is 0 Å². The summed E-state index contributed by atoms with van der Waals surface area (Å²) in [5.41, 5.74) is 16.2. The second kappa shape index (κ2) is 12.9. The standard InChI is InChI=1S/C64H35BN4/c1-3-14-44-40(10-1)42-12-5-7-16-46(42)58-48(44)21-23-55-60(58)61-59-47-17-8-6-13-43(47)41-11-2-4-15-45(41)50(59)35-53-64(61)69(55)57-19-9-18-56-62(57)65(53)52-34-39(37-26-30-67-31-27-37)33-51-49-32-38(36-24-28-66-29-25-36)20-22-54(49)68(56)63(51)52/h1-35H. The molecule has 0 unspecified atom stereocenters. The molecule has 0 spiro atoms. The maximum absolute atomic E-state index is 4.46. The molecule has 0 bridgehead atoms. The summed E-state index contributed by atoms with van der Waals surface area (Å²) in [6.07, 6.45) is 7.61. The first-order valence-electron chi connectivity index (χ1n) is 23.9. The third kappa shape index (κ3) is 4.46. The molecule has 0 saturated carbocycles. The Kier molecular flexibility index (Phi) is 6.74. The van der Waals surface area contributed by atoms with E-state index in [1.54, 1.807) is 0 Å². The van der Waals surface area contributed by atoms with Crippen molar-refractivity contribution in [3.05, 3.63) is 213 Å². The van der Waals surface area contributed by atoms with Crippen LogP contribution in [-0.2, 0) is 0 Å². The van der Waals surface area contributed by atoms with Gasteiger partial charge in [0.15, 0.2) is 0 Å². The van der Waals surface area contributed by atoms with E-state index in [4.69, 9.17) is 0 Å². The number of hydrogen-bond acceptors (Lipinski definition) is 2. The quantitative estimate of drug-likeness (QED) is 0.128. The van der Waals surface area contributed by atoms with E-state index in [-0.39, 0.29) is 6.71 Å². The van der Waals surface area contributed by atoms with E-state index in [9.17, 15) is 0 Å². The summed E-state index contributed by atoms with van der Waals surface area (Å²) < 4.78 is 5.24. The molecule has 2 aliphatic heterocycles. The predicted molar refractivity (Wildman–Crippen MR) is 291 cm³/mol. The van der Waals surface area contributed by atoms with Gasteiger partial charge in [-0.1, -0.05) is 127 Å². The summed E-state index contributed by atoms with van der Waals surface area (Å²) >= 11 is 0. The fourth-order valence-electron chi connectivity index (χ4n) is 13.4. The van der Waals surface area contributed by atoms with Gasteiger partial charge in [0, 0.05) is 74.0 Å². The zero-order chi connectivity index (χ0) is 44.6. The average molecular weight is 871 g/mol. The van der Waals surface area contributed by atoms with Gasteiger partial charge in [0.05, 0.1) is 16.6 Å². The van der Waals surface area contributed by atoms with Crippen molar-refractivity contribution in [1.29, 1.82) is 0 Å². The van der Waals surface area contributed by atoms with Crippen molar-refractivity contribution < 1.29 is 0 Å². The Labute approximate surface area is 395 Å². The average Bonchev–Trinajstić information content (AvgIpc) is 3.95. The number of benzene rings is 11. The molecule has 0 amide bonds. The van der Waals surface area contributed by atoms with Gasteiger partial charge in [0.2, 0.25) is 0 Å². The van der Waals surface area contributed by atoms with Crippen molar-refractivity contribution in [2.24, 2.45) is 0 Å². The minimum absolute atomic E-state index is 0.0604. The van der Waals surface area contributed by atoms with Crippen LogP contribution in [0.5, 0.6) is 0 Å². The molecule has 69 heavy (non-hydrogen) atoms. The van der Waals surface area contributed by atoms with Crippen LogP contribution in [0.4, 0.5) is 0 Å². The second-order valence-electron chi connectivity index (χ2n) is 19.2. The van der Waals surface area contributed by atoms with Gasteiger partial charge < -0.3 is 9.13 Å². The minimum Gasteiger partial charge on any atom is -0.310 e. The Balaban J connectivity index is 1.13. The lowest BCUT2D eigenvalue weighted by molar-refractivity contribution is 1.14. The van der Waals surface area contributed by atoms with Crippen LogP contribution in [0.2, 0.25) is 0 Å².